The predicted molar refractivity (Wildman–Crippen MR) is 94.9 cm³/mol. The van der Waals surface area contributed by atoms with Crippen LogP contribution >= 0.6 is 0 Å². The fraction of sp³-hybridized carbons (Fsp3) is 0.529. The van der Waals surface area contributed by atoms with Crippen molar-refractivity contribution in [3.63, 3.8) is 0 Å². The van der Waals surface area contributed by atoms with Crippen LogP contribution in [0.15, 0.2) is 29.2 Å². The van der Waals surface area contributed by atoms with Crippen molar-refractivity contribution in [2.75, 3.05) is 13.6 Å². The number of benzene rings is 1. The van der Waals surface area contributed by atoms with Crippen LogP contribution in [-0.2, 0) is 14.8 Å². The summed E-state index contributed by atoms with van der Waals surface area (Å²) in [5.74, 6) is -2.00. The van der Waals surface area contributed by atoms with Gasteiger partial charge in [-0.25, -0.2) is 8.42 Å². The first-order valence-electron chi connectivity index (χ1n) is 8.20. The van der Waals surface area contributed by atoms with Crippen LogP contribution in [0.4, 0.5) is 0 Å². The highest BCUT2D eigenvalue weighted by atomic mass is 32.2. The molecule has 7 nitrogen and oxygen atoms in total. The summed E-state index contributed by atoms with van der Waals surface area (Å²) in [7, 11) is -2.10. The summed E-state index contributed by atoms with van der Waals surface area (Å²) in [6.45, 7) is 5.46. The highest BCUT2D eigenvalue weighted by Gasteiger charge is 2.23. The number of amides is 1. The zero-order chi connectivity index (χ0) is 19.2. The van der Waals surface area contributed by atoms with Crippen molar-refractivity contribution in [1.29, 1.82) is 0 Å². The Balaban J connectivity index is 2.82. The molecule has 140 valence electrons. The highest BCUT2D eigenvalue weighted by Crippen LogP contribution is 2.17. The Morgan fingerprint density at radius 3 is 2.20 bits per heavy atom. The Hall–Kier alpha value is -1.93. The fourth-order valence-corrected chi connectivity index (χ4v) is 3.57. The topological polar surface area (TPSA) is 104 Å². The molecule has 1 amide bonds. The van der Waals surface area contributed by atoms with E-state index in [0.29, 0.717) is 12.8 Å². The summed E-state index contributed by atoms with van der Waals surface area (Å²) >= 11 is 0. The quantitative estimate of drug-likeness (QED) is 0.691. The predicted octanol–water partition coefficient (Wildman–Crippen LogP) is 1.95. The molecule has 0 aliphatic rings. The van der Waals surface area contributed by atoms with E-state index in [1.807, 2.05) is 6.92 Å². The summed E-state index contributed by atoms with van der Waals surface area (Å²) in [5, 5.41) is 11.7. The first kappa shape index (κ1) is 21.1. The lowest BCUT2D eigenvalue weighted by molar-refractivity contribution is -0.141. The van der Waals surface area contributed by atoms with Crippen LogP contribution in [0.1, 0.15) is 44.0 Å². The van der Waals surface area contributed by atoms with E-state index in [-0.39, 0.29) is 23.0 Å². The lowest BCUT2D eigenvalue weighted by atomic mass is 10.0. The first-order valence-corrected chi connectivity index (χ1v) is 9.64. The fourth-order valence-electron chi connectivity index (χ4n) is 2.20. The maximum atomic E-state index is 12.4. The highest BCUT2D eigenvalue weighted by molar-refractivity contribution is 7.89. The Morgan fingerprint density at radius 1 is 1.20 bits per heavy atom. The van der Waals surface area contributed by atoms with Crippen LogP contribution in [0.5, 0.6) is 0 Å². The Bertz CT molecular complexity index is 698. The SMILES string of the molecule is CCCC(CNC(=O)c1ccc(S(=O)(=O)N(C)C(C)C)cc1)C(=O)O. The maximum absolute atomic E-state index is 12.4. The van der Waals surface area contributed by atoms with Gasteiger partial charge < -0.3 is 10.4 Å². The third-order valence-corrected chi connectivity index (χ3v) is 6.06. The van der Waals surface area contributed by atoms with Crippen LogP contribution < -0.4 is 5.32 Å². The van der Waals surface area contributed by atoms with Crippen LogP contribution in [-0.4, -0.2) is 49.3 Å². The van der Waals surface area contributed by atoms with Gasteiger partial charge in [0.2, 0.25) is 10.0 Å². The maximum Gasteiger partial charge on any atom is 0.308 e. The molecule has 0 radical (unpaired) electrons. The number of carbonyl (C=O) groups is 2. The number of carboxylic acid groups (broad SMARTS) is 1. The van der Waals surface area contributed by atoms with E-state index in [9.17, 15) is 18.0 Å². The molecule has 0 aromatic heterocycles. The first-order chi connectivity index (χ1) is 11.6. The van der Waals surface area contributed by atoms with Gasteiger partial charge in [-0.15, -0.1) is 0 Å². The molecule has 0 aliphatic heterocycles. The van der Waals surface area contributed by atoms with Gasteiger partial charge in [-0.3, -0.25) is 9.59 Å². The number of nitrogens with zero attached hydrogens (tertiary/aromatic N) is 1. The molecular weight excluding hydrogens is 344 g/mol. The molecule has 0 fully saturated rings. The summed E-state index contributed by atoms with van der Waals surface area (Å²) in [4.78, 5) is 23.3. The molecule has 0 spiro atoms. The van der Waals surface area contributed by atoms with E-state index in [1.54, 1.807) is 13.8 Å². The lowest BCUT2D eigenvalue weighted by Crippen LogP contribution is -2.33. The molecule has 0 saturated carbocycles. The second-order valence-corrected chi connectivity index (χ2v) is 8.17. The van der Waals surface area contributed by atoms with Crippen molar-refractivity contribution in [2.24, 2.45) is 5.92 Å². The van der Waals surface area contributed by atoms with Gasteiger partial charge in [0.1, 0.15) is 0 Å². The van der Waals surface area contributed by atoms with Crippen LogP contribution in [0.3, 0.4) is 0 Å². The van der Waals surface area contributed by atoms with E-state index < -0.39 is 27.8 Å². The number of rotatable bonds is 9. The third kappa shape index (κ3) is 5.54. The van der Waals surface area contributed by atoms with Gasteiger partial charge in [0, 0.05) is 25.2 Å². The van der Waals surface area contributed by atoms with E-state index in [2.05, 4.69) is 5.32 Å². The minimum absolute atomic E-state index is 0.0398. The molecular formula is C17H26N2O5S. The van der Waals surface area contributed by atoms with Gasteiger partial charge in [0.05, 0.1) is 10.8 Å². The van der Waals surface area contributed by atoms with Crippen molar-refractivity contribution < 1.29 is 23.1 Å². The van der Waals surface area contributed by atoms with Gasteiger partial charge in [-0.2, -0.15) is 4.31 Å². The van der Waals surface area contributed by atoms with E-state index in [4.69, 9.17) is 5.11 Å². The summed E-state index contributed by atoms with van der Waals surface area (Å²) in [6, 6.07) is 5.42. The standard InChI is InChI=1S/C17H26N2O5S/c1-5-6-14(17(21)22)11-18-16(20)13-7-9-15(10-8-13)25(23,24)19(4)12(2)3/h7-10,12,14H,5-6,11H2,1-4H3,(H,18,20)(H,21,22). The van der Waals surface area contributed by atoms with Crippen molar-refractivity contribution in [1.82, 2.24) is 9.62 Å². The van der Waals surface area contributed by atoms with Gasteiger partial charge in [-0.1, -0.05) is 13.3 Å². The molecule has 1 atom stereocenters. The molecule has 8 heteroatoms. The van der Waals surface area contributed by atoms with Crippen LogP contribution in [0.2, 0.25) is 0 Å². The molecule has 25 heavy (non-hydrogen) atoms. The summed E-state index contributed by atoms with van der Waals surface area (Å²) < 4.78 is 26.0. The normalized spacial score (nSPS) is 13.0. The minimum atomic E-state index is -3.60. The zero-order valence-corrected chi connectivity index (χ0v) is 15.8. The van der Waals surface area contributed by atoms with Gasteiger partial charge in [-0.05, 0) is 44.5 Å². The molecule has 1 aromatic carbocycles. The summed E-state index contributed by atoms with van der Waals surface area (Å²) in [6.07, 6.45) is 1.19. The van der Waals surface area contributed by atoms with E-state index in [1.165, 1.54) is 35.6 Å². The Morgan fingerprint density at radius 2 is 1.76 bits per heavy atom. The largest absolute Gasteiger partial charge is 0.481 e. The second-order valence-electron chi connectivity index (χ2n) is 6.17. The number of sulfonamides is 1. The smallest absolute Gasteiger partial charge is 0.308 e. The summed E-state index contributed by atoms with van der Waals surface area (Å²) in [5.41, 5.74) is 0.284. The number of hydrogen-bond acceptors (Lipinski definition) is 4. The number of aliphatic carboxylic acids is 1. The van der Waals surface area contributed by atoms with E-state index in [0.717, 1.165) is 0 Å². The van der Waals surface area contributed by atoms with Crippen LogP contribution in [0, 0.1) is 5.92 Å². The molecule has 1 aromatic rings. The van der Waals surface area contributed by atoms with Crippen molar-refractivity contribution >= 4 is 21.9 Å². The van der Waals surface area contributed by atoms with Crippen molar-refractivity contribution in [2.45, 2.75) is 44.6 Å². The van der Waals surface area contributed by atoms with Crippen molar-refractivity contribution in [3.05, 3.63) is 29.8 Å². The molecule has 0 saturated heterocycles. The monoisotopic (exact) mass is 370 g/mol. The number of nitrogens with one attached hydrogen (secondary N) is 1. The van der Waals surface area contributed by atoms with Crippen LogP contribution in [0.25, 0.3) is 0 Å². The number of carboxylic acids is 1. The van der Waals surface area contributed by atoms with E-state index >= 15 is 0 Å². The van der Waals surface area contributed by atoms with Gasteiger partial charge in [0.25, 0.3) is 5.91 Å². The Kier molecular flexibility index (Phi) is 7.57. The molecule has 1 unspecified atom stereocenters. The third-order valence-electron chi connectivity index (χ3n) is 4.02. The average Bonchev–Trinajstić information content (AvgIpc) is 2.57. The number of carbonyl (C=O) groups excluding carboxylic acids is 1. The Labute approximate surface area is 149 Å². The minimum Gasteiger partial charge on any atom is -0.481 e. The molecule has 0 heterocycles. The van der Waals surface area contributed by atoms with Crippen molar-refractivity contribution in [3.8, 4) is 0 Å². The zero-order valence-electron chi connectivity index (χ0n) is 15.0. The van der Waals surface area contributed by atoms with Gasteiger partial charge in [0.15, 0.2) is 0 Å². The number of hydrogen-bond donors (Lipinski definition) is 2. The molecule has 2 N–H and O–H groups in total. The molecule has 0 bridgehead atoms. The second kappa shape index (κ2) is 8.96. The molecule has 1 rings (SSSR count). The lowest BCUT2D eigenvalue weighted by Gasteiger charge is -2.21. The molecule has 0 aliphatic carbocycles. The average molecular weight is 370 g/mol. The van der Waals surface area contributed by atoms with Gasteiger partial charge >= 0.3 is 5.97 Å².